The van der Waals surface area contributed by atoms with Crippen LogP contribution in [-0.4, -0.2) is 34.9 Å². The Morgan fingerprint density at radius 3 is 2.71 bits per heavy atom. The van der Waals surface area contributed by atoms with Crippen molar-refractivity contribution in [2.75, 3.05) is 13.1 Å². The van der Waals surface area contributed by atoms with Gasteiger partial charge in [0, 0.05) is 6.54 Å². The minimum atomic E-state index is -0.159. The van der Waals surface area contributed by atoms with Crippen LogP contribution in [0.1, 0.15) is 17.3 Å². The van der Waals surface area contributed by atoms with Crippen LogP contribution in [0, 0.1) is 0 Å². The molecule has 0 aliphatic rings. The highest BCUT2D eigenvalue weighted by Crippen LogP contribution is 2.32. The molecular formula is C9H11Br2N3O2S. The van der Waals surface area contributed by atoms with E-state index >= 15 is 0 Å². The van der Waals surface area contributed by atoms with Gasteiger partial charge in [-0.15, -0.1) is 11.3 Å². The number of amidine groups is 1. The van der Waals surface area contributed by atoms with Crippen LogP contribution >= 0.6 is 43.2 Å². The van der Waals surface area contributed by atoms with Crippen LogP contribution in [0.15, 0.2) is 18.8 Å². The van der Waals surface area contributed by atoms with Crippen LogP contribution in [0.2, 0.25) is 0 Å². The number of thiophene rings is 1. The number of nitrogens with two attached hydrogens (primary N) is 1. The molecule has 0 aliphatic carbocycles. The van der Waals surface area contributed by atoms with Gasteiger partial charge in [-0.1, -0.05) is 5.16 Å². The Bertz CT molecular complexity index is 447. The number of rotatable bonds is 4. The fourth-order valence-corrected chi connectivity index (χ4v) is 3.99. The summed E-state index contributed by atoms with van der Waals surface area (Å²) in [6, 6.07) is 1.74. The van der Waals surface area contributed by atoms with Crippen LogP contribution in [0.3, 0.4) is 0 Å². The molecule has 0 bridgehead atoms. The van der Waals surface area contributed by atoms with Gasteiger partial charge in [0.05, 0.1) is 19.7 Å². The number of amides is 1. The van der Waals surface area contributed by atoms with Crippen molar-refractivity contribution in [2.45, 2.75) is 6.92 Å². The minimum absolute atomic E-state index is 0.00520. The highest BCUT2D eigenvalue weighted by Gasteiger charge is 2.20. The average molecular weight is 385 g/mol. The first-order valence-electron chi connectivity index (χ1n) is 4.70. The maximum Gasteiger partial charge on any atom is 0.256 e. The van der Waals surface area contributed by atoms with Crippen molar-refractivity contribution in [3.63, 3.8) is 0 Å². The number of likely N-dealkylation sites (N-methyl/N-ethyl adjacent to an activating group) is 1. The summed E-state index contributed by atoms with van der Waals surface area (Å²) in [6.07, 6.45) is 0. The lowest BCUT2D eigenvalue weighted by Gasteiger charge is -2.19. The predicted octanol–water partition coefficient (Wildman–Crippen LogP) is 2.48. The molecule has 0 unspecified atom stereocenters. The molecule has 17 heavy (non-hydrogen) atoms. The largest absolute Gasteiger partial charge is 0.409 e. The maximum absolute atomic E-state index is 12.2. The lowest BCUT2D eigenvalue weighted by molar-refractivity contribution is 0.0786. The normalized spacial score (nSPS) is 11.6. The van der Waals surface area contributed by atoms with Gasteiger partial charge in [-0.3, -0.25) is 4.79 Å². The van der Waals surface area contributed by atoms with Crippen molar-refractivity contribution in [1.82, 2.24) is 4.90 Å². The third kappa shape index (κ3) is 3.68. The molecule has 0 aliphatic heterocycles. The third-order valence-corrected chi connectivity index (χ3v) is 4.38. The highest BCUT2D eigenvalue weighted by molar-refractivity contribution is 9.12. The number of hydrogen-bond acceptors (Lipinski definition) is 4. The molecule has 0 aromatic carbocycles. The summed E-state index contributed by atoms with van der Waals surface area (Å²) in [5, 5.41) is 11.4. The molecule has 0 fully saturated rings. The van der Waals surface area contributed by atoms with E-state index in [1.807, 2.05) is 6.92 Å². The number of nitrogens with zero attached hydrogens (tertiary/aromatic N) is 2. The molecule has 0 atom stereocenters. The number of hydrogen-bond donors (Lipinski definition) is 2. The zero-order valence-corrected chi connectivity index (χ0v) is 13.0. The molecular weight excluding hydrogens is 374 g/mol. The van der Waals surface area contributed by atoms with Gasteiger partial charge in [0.25, 0.3) is 5.91 Å². The number of oxime groups is 1. The molecule has 1 aromatic rings. The second-order valence-corrected chi connectivity index (χ2v) is 6.90. The Hall–Kier alpha value is -0.600. The molecule has 0 radical (unpaired) electrons. The van der Waals surface area contributed by atoms with E-state index < -0.39 is 0 Å². The number of carbonyl (C=O) groups excluding carboxylic acids is 1. The van der Waals surface area contributed by atoms with E-state index in [4.69, 9.17) is 10.9 Å². The SMILES string of the molecule is CCN(C/C(N)=N/O)C(=O)c1cc(Br)sc1Br. The van der Waals surface area contributed by atoms with Gasteiger partial charge in [0.15, 0.2) is 5.84 Å². The smallest absolute Gasteiger partial charge is 0.256 e. The summed E-state index contributed by atoms with van der Waals surface area (Å²) >= 11 is 8.07. The minimum Gasteiger partial charge on any atom is -0.409 e. The monoisotopic (exact) mass is 383 g/mol. The first kappa shape index (κ1) is 14.5. The number of carbonyl (C=O) groups is 1. The Morgan fingerprint density at radius 1 is 1.65 bits per heavy atom. The predicted molar refractivity (Wildman–Crippen MR) is 74.7 cm³/mol. The van der Waals surface area contributed by atoms with Crippen molar-refractivity contribution < 1.29 is 10.0 Å². The van der Waals surface area contributed by atoms with Crippen molar-refractivity contribution in [3.8, 4) is 0 Å². The average Bonchev–Trinajstić information content (AvgIpc) is 2.64. The maximum atomic E-state index is 12.2. The van der Waals surface area contributed by atoms with Crippen molar-refractivity contribution >= 4 is 54.9 Å². The first-order valence-corrected chi connectivity index (χ1v) is 7.10. The van der Waals surface area contributed by atoms with E-state index in [0.29, 0.717) is 12.1 Å². The van der Waals surface area contributed by atoms with E-state index in [0.717, 1.165) is 7.57 Å². The van der Waals surface area contributed by atoms with E-state index in [9.17, 15) is 4.79 Å². The molecule has 8 heteroatoms. The molecule has 1 amide bonds. The van der Waals surface area contributed by atoms with Crippen LogP contribution in [0.5, 0.6) is 0 Å². The van der Waals surface area contributed by atoms with Crippen molar-refractivity contribution in [2.24, 2.45) is 10.9 Å². The molecule has 1 aromatic heterocycles. The Kier molecular flexibility index (Phi) is 5.41. The van der Waals surface area contributed by atoms with Crippen LogP contribution in [0.4, 0.5) is 0 Å². The van der Waals surface area contributed by atoms with Gasteiger partial charge >= 0.3 is 0 Å². The topological polar surface area (TPSA) is 78.9 Å². The van der Waals surface area contributed by atoms with Gasteiger partial charge < -0.3 is 15.8 Å². The summed E-state index contributed by atoms with van der Waals surface area (Å²) in [7, 11) is 0. The fourth-order valence-electron chi connectivity index (χ4n) is 1.21. The van der Waals surface area contributed by atoms with Crippen LogP contribution in [-0.2, 0) is 0 Å². The third-order valence-electron chi connectivity index (χ3n) is 2.04. The number of halogens is 2. The molecule has 5 nitrogen and oxygen atoms in total. The highest BCUT2D eigenvalue weighted by atomic mass is 79.9. The standard InChI is InChI=1S/C9H11Br2N3O2S/c1-2-14(4-7(12)13-16)9(15)5-3-6(10)17-8(5)11/h3,16H,2,4H2,1H3,(H2,12,13). The summed E-state index contributed by atoms with van der Waals surface area (Å²) in [4.78, 5) is 13.6. The lowest BCUT2D eigenvalue weighted by Crippen LogP contribution is -2.38. The van der Waals surface area contributed by atoms with Gasteiger partial charge in [-0.25, -0.2) is 0 Å². The van der Waals surface area contributed by atoms with Gasteiger partial charge in [0.1, 0.15) is 0 Å². The Morgan fingerprint density at radius 2 is 2.29 bits per heavy atom. The van der Waals surface area contributed by atoms with E-state index in [2.05, 4.69) is 37.0 Å². The summed E-state index contributed by atoms with van der Waals surface area (Å²) in [5.74, 6) is -0.154. The second kappa shape index (κ2) is 6.36. The zero-order valence-electron chi connectivity index (χ0n) is 8.98. The molecule has 94 valence electrons. The summed E-state index contributed by atoms with van der Waals surface area (Å²) < 4.78 is 1.62. The van der Waals surface area contributed by atoms with Crippen LogP contribution < -0.4 is 5.73 Å². The zero-order chi connectivity index (χ0) is 13.0. The molecule has 0 spiro atoms. The molecule has 0 saturated heterocycles. The Balaban J connectivity index is 2.90. The fraction of sp³-hybridized carbons (Fsp3) is 0.333. The Labute approximate surface area is 120 Å². The summed E-state index contributed by atoms with van der Waals surface area (Å²) in [5.41, 5.74) is 5.96. The van der Waals surface area contributed by atoms with Gasteiger partial charge in [0.2, 0.25) is 0 Å². The van der Waals surface area contributed by atoms with Crippen molar-refractivity contribution in [3.05, 3.63) is 19.2 Å². The van der Waals surface area contributed by atoms with E-state index in [-0.39, 0.29) is 18.3 Å². The molecule has 1 heterocycles. The van der Waals surface area contributed by atoms with Crippen LogP contribution in [0.25, 0.3) is 0 Å². The lowest BCUT2D eigenvalue weighted by atomic mass is 10.3. The van der Waals surface area contributed by atoms with E-state index in [1.54, 1.807) is 6.07 Å². The van der Waals surface area contributed by atoms with E-state index in [1.165, 1.54) is 16.2 Å². The second-order valence-electron chi connectivity index (χ2n) is 3.15. The molecule has 1 rings (SSSR count). The van der Waals surface area contributed by atoms with Gasteiger partial charge in [-0.05, 0) is 44.8 Å². The molecule has 0 saturated carbocycles. The molecule has 3 N–H and O–H groups in total. The first-order chi connectivity index (χ1) is 7.99. The van der Waals surface area contributed by atoms with Gasteiger partial charge in [-0.2, -0.15) is 0 Å². The summed E-state index contributed by atoms with van der Waals surface area (Å²) in [6.45, 7) is 2.42. The quantitative estimate of drug-likeness (QED) is 0.362. The van der Waals surface area contributed by atoms with Crippen molar-refractivity contribution in [1.29, 1.82) is 0 Å².